The number of hydrogen-bond donors (Lipinski definition) is 1. The van der Waals surface area contributed by atoms with Gasteiger partial charge in [0.2, 0.25) is 5.91 Å². The van der Waals surface area contributed by atoms with Gasteiger partial charge in [-0.1, -0.05) is 24.1 Å². The number of benzene rings is 1. The summed E-state index contributed by atoms with van der Waals surface area (Å²) in [5.41, 5.74) is 2.75. The predicted molar refractivity (Wildman–Crippen MR) is 95.1 cm³/mol. The van der Waals surface area contributed by atoms with Crippen molar-refractivity contribution in [2.75, 3.05) is 18.4 Å². The Bertz CT molecular complexity index is 657. The maximum atomic E-state index is 12.2. The predicted octanol–water partition coefficient (Wildman–Crippen LogP) is 2.58. The third-order valence-corrected chi connectivity index (χ3v) is 4.31. The fourth-order valence-electron chi connectivity index (χ4n) is 2.84. The van der Waals surface area contributed by atoms with E-state index in [1.54, 1.807) is 0 Å². The zero-order valence-electron chi connectivity index (χ0n) is 15.1. The molecule has 0 aliphatic carbocycles. The Kier molecular flexibility index (Phi) is 6.56. The average Bonchev–Trinajstić information content (AvgIpc) is 2.74. The second kappa shape index (κ2) is 8.65. The monoisotopic (exact) mass is 346 g/mol. The number of nitrogens with zero attached hydrogens (tertiary/aromatic N) is 1. The summed E-state index contributed by atoms with van der Waals surface area (Å²) in [6.07, 6.45) is 2.29. The highest BCUT2D eigenvalue weighted by atomic mass is 16.5. The Morgan fingerprint density at radius 1 is 1.24 bits per heavy atom. The van der Waals surface area contributed by atoms with E-state index in [0.717, 1.165) is 30.4 Å². The van der Waals surface area contributed by atoms with E-state index in [4.69, 9.17) is 4.74 Å². The average molecular weight is 346 g/mol. The molecular weight excluding hydrogens is 320 g/mol. The smallest absolute Gasteiger partial charge is 0.326 e. The van der Waals surface area contributed by atoms with Gasteiger partial charge in [0.15, 0.2) is 6.10 Å². The molecule has 0 bridgehead atoms. The summed E-state index contributed by atoms with van der Waals surface area (Å²) >= 11 is 0. The highest BCUT2D eigenvalue weighted by molar-refractivity contribution is 5.96. The van der Waals surface area contributed by atoms with Crippen molar-refractivity contribution in [1.29, 1.82) is 0 Å². The highest BCUT2D eigenvalue weighted by Gasteiger charge is 2.23. The third-order valence-electron chi connectivity index (χ3n) is 4.31. The van der Waals surface area contributed by atoms with Gasteiger partial charge in [-0.15, -0.1) is 0 Å². The number of likely N-dealkylation sites (tertiary alicyclic amines) is 1. The van der Waals surface area contributed by atoms with Crippen LogP contribution in [-0.2, 0) is 19.1 Å². The van der Waals surface area contributed by atoms with Crippen molar-refractivity contribution in [2.24, 2.45) is 0 Å². The van der Waals surface area contributed by atoms with Gasteiger partial charge in [0, 0.05) is 18.7 Å². The van der Waals surface area contributed by atoms with Crippen molar-refractivity contribution in [3.8, 4) is 0 Å². The zero-order chi connectivity index (χ0) is 18.4. The van der Waals surface area contributed by atoms with Crippen LogP contribution < -0.4 is 5.32 Å². The molecule has 6 heteroatoms. The van der Waals surface area contributed by atoms with Crippen LogP contribution in [0.4, 0.5) is 5.69 Å². The van der Waals surface area contributed by atoms with Gasteiger partial charge >= 0.3 is 5.97 Å². The molecule has 136 valence electrons. The number of rotatable bonds is 5. The molecule has 6 nitrogen and oxygen atoms in total. The number of esters is 1. The first-order chi connectivity index (χ1) is 11.9. The summed E-state index contributed by atoms with van der Waals surface area (Å²) in [6.45, 7) is 5.88. The van der Waals surface area contributed by atoms with Crippen LogP contribution in [0.15, 0.2) is 18.2 Å². The first kappa shape index (κ1) is 19.0. The first-order valence-electron chi connectivity index (χ1n) is 8.72. The van der Waals surface area contributed by atoms with Gasteiger partial charge < -0.3 is 15.0 Å². The van der Waals surface area contributed by atoms with E-state index in [2.05, 4.69) is 5.32 Å². The summed E-state index contributed by atoms with van der Waals surface area (Å²) in [7, 11) is 0. The SMILES string of the molecule is Cc1ccc(NC(=O)[C@@H](C)OC(=O)CN2CCCCCC2=O)c(C)c1. The number of hydrogen-bond acceptors (Lipinski definition) is 4. The Morgan fingerprint density at radius 3 is 2.72 bits per heavy atom. The molecule has 0 aromatic heterocycles. The molecule has 1 aromatic rings. The topological polar surface area (TPSA) is 75.7 Å². The number of carbonyl (C=O) groups is 3. The van der Waals surface area contributed by atoms with E-state index in [1.807, 2.05) is 32.0 Å². The molecule has 1 heterocycles. The van der Waals surface area contributed by atoms with Crippen molar-refractivity contribution in [3.05, 3.63) is 29.3 Å². The maximum Gasteiger partial charge on any atom is 0.326 e. The van der Waals surface area contributed by atoms with Gasteiger partial charge in [-0.25, -0.2) is 0 Å². The fraction of sp³-hybridized carbons (Fsp3) is 0.526. The summed E-state index contributed by atoms with van der Waals surface area (Å²) in [5.74, 6) is -0.970. The lowest BCUT2D eigenvalue weighted by Crippen LogP contribution is -2.38. The molecule has 1 saturated heterocycles. The van der Waals surface area contributed by atoms with Gasteiger partial charge in [-0.3, -0.25) is 14.4 Å². The molecule has 1 N–H and O–H groups in total. The van der Waals surface area contributed by atoms with Crippen LogP contribution in [0.1, 0.15) is 43.7 Å². The van der Waals surface area contributed by atoms with Crippen LogP contribution >= 0.6 is 0 Å². The van der Waals surface area contributed by atoms with Crippen molar-refractivity contribution >= 4 is 23.5 Å². The Morgan fingerprint density at radius 2 is 2.00 bits per heavy atom. The minimum Gasteiger partial charge on any atom is -0.451 e. The number of amides is 2. The van der Waals surface area contributed by atoms with E-state index in [1.165, 1.54) is 11.8 Å². The number of anilines is 1. The van der Waals surface area contributed by atoms with Crippen molar-refractivity contribution < 1.29 is 19.1 Å². The van der Waals surface area contributed by atoms with Crippen LogP contribution in [0, 0.1) is 13.8 Å². The summed E-state index contributed by atoms with van der Waals surface area (Å²) in [5, 5.41) is 2.77. The summed E-state index contributed by atoms with van der Waals surface area (Å²) in [4.78, 5) is 37.7. The quantitative estimate of drug-likeness (QED) is 0.832. The van der Waals surface area contributed by atoms with Crippen LogP contribution in [0.3, 0.4) is 0 Å². The molecule has 25 heavy (non-hydrogen) atoms. The van der Waals surface area contributed by atoms with Gasteiger partial charge in [-0.05, 0) is 45.2 Å². The van der Waals surface area contributed by atoms with Crippen molar-refractivity contribution in [3.63, 3.8) is 0 Å². The van der Waals surface area contributed by atoms with Gasteiger partial charge in [0.05, 0.1) is 0 Å². The molecule has 0 unspecified atom stereocenters. The summed E-state index contributed by atoms with van der Waals surface area (Å²) < 4.78 is 5.19. The third kappa shape index (κ3) is 5.59. The lowest BCUT2D eigenvalue weighted by atomic mass is 10.1. The number of aryl methyl sites for hydroxylation is 2. The molecule has 1 aliphatic heterocycles. The van der Waals surface area contributed by atoms with Crippen LogP contribution in [0.2, 0.25) is 0 Å². The summed E-state index contributed by atoms with van der Waals surface area (Å²) in [6, 6.07) is 5.70. The maximum absolute atomic E-state index is 12.2. The molecule has 0 saturated carbocycles. The van der Waals surface area contributed by atoms with Crippen LogP contribution in [-0.4, -0.2) is 41.9 Å². The van der Waals surface area contributed by atoms with Crippen LogP contribution in [0.25, 0.3) is 0 Å². The van der Waals surface area contributed by atoms with E-state index < -0.39 is 12.1 Å². The fourth-order valence-corrected chi connectivity index (χ4v) is 2.84. The number of nitrogens with one attached hydrogen (secondary N) is 1. The molecular formula is C19H26N2O4. The van der Waals surface area contributed by atoms with Crippen molar-refractivity contribution in [1.82, 2.24) is 4.90 Å². The van der Waals surface area contributed by atoms with Gasteiger partial charge in [-0.2, -0.15) is 0 Å². The van der Waals surface area contributed by atoms with E-state index >= 15 is 0 Å². The molecule has 1 aliphatic rings. The highest BCUT2D eigenvalue weighted by Crippen LogP contribution is 2.16. The minimum atomic E-state index is -0.921. The van der Waals surface area contributed by atoms with Crippen molar-refractivity contribution in [2.45, 2.75) is 52.6 Å². The normalized spacial score (nSPS) is 16.1. The van der Waals surface area contributed by atoms with E-state index in [0.29, 0.717) is 18.7 Å². The largest absolute Gasteiger partial charge is 0.451 e. The molecule has 1 fully saturated rings. The standard InChI is InChI=1S/C19H26N2O4/c1-13-8-9-16(14(2)11-13)20-19(24)15(3)25-18(23)12-21-10-6-4-5-7-17(21)22/h8-9,11,15H,4-7,10,12H2,1-3H3,(H,20,24)/t15-/m1/s1. The molecule has 1 aromatic carbocycles. The van der Waals surface area contributed by atoms with E-state index in [9.17, 15) is 14.4 Å². The molecule has 0 radical (unpaired) electrons. The number of carbonyl (C=O) groups excluding carboxylic acids is 3. The minimum absolute atomic E-state index is 0.0261. The van der Waals surface area contributed by atoms with Gasteiger partial charge in [0.25, 0.3) is 5.91 Å². The lowest BCUT2D eigenvalue weighted by Gasteiger charge is -2.21. The Labute approximate surface area is 148 Å². The molecule has 0 spiro atoms. The molecule has 1 atom stereocenters. The van der Waals surface area contributed by atoms with E-state index in [-0.39, 0.29) is 18.4 Å². The second-order valence-electron chi connectivity index (χ2n) is 6.57. The Balaban J connectivity index is 1.87. The lowest BCUT2D eigenvalue weighted by molar-refractivity contribution is -0.156. The van der Waals surface area contributed by atoms with Gasteiger partial charge in [0.1, 0.15) is 6.54 Å². The first-order valence-corrected chi connectivity index (χ1v) is 8.72. The van der Waals surface area contributed by atoms with Crippen LogP contribution in [0.5, 0.6) is 0 Å². The Hall–Kier alpha value is -2.37. The number of ether oxygens (including phenoxy) is 1. The zero-order valence-corrected chi connectivity index (χ0v) is 15.1. The molecule has 2 amide bonds. The molecule has 2 rings (SSSR count). The second-order valence-corrected chi connectivity index (χ2v) is 6.57.